The number of halogens is 2. The highest BCUT2D eigenvalue weighted by molar-refractivity contribution is 7.91. The number of nitrogens with one attached hydrogen (secondary N) is 1. The van der Waals surface area contributed by atoms with Crippen LogP contribution in [0.1, 0.15) is 56.7 Å². The number of fused-ring (bicyclic) bond motifs is 1. The van der Waals surface area contributed by atoms with Crippen LogP contribution in [0.3, 0.4) is 0 Å². The second kappa shape index (κ2) is 8.72. The zero-order chi connectivity index (χ0) is 18.8. The van der Waals surface area contributed by atoms with Gasteiger partial charge in [0.2, 0.25) is 0 Å². The highest BCUT2D eigenvalue weighted by Crippen LogP contribution is 2.38. The quantitative estimate of drug-likeness (QED) is 0.748. The van der Waals surface area contributed by atoms with Crippen molar-refractivity contribution in [1.82, 2.24) is 5.32 Å². The lowest BCUT2D eigenvalue weighted by Crippen LogP contribution is -2.50. The van der Waals surface area contributed by atoms with E-state index in [0.29, 0.717) is 22.4 Å². The van der Waals surface area contributed by atoms with Gasteiger partial charge in [0.15, 0.2) is 9.84 Å². The van der Waals surface area contributed by atoms with Crippen molar-refractivity contribution < 1.29 is 12.8 Å². The van der Waals surface area contributed by atoms with Gasteiger partial charge in [0.25, 0.3) is 0 Å². The molecule has 0 fully saturated rings. The van der Waals surface area contributed by atoms with E-state index in [1.54, 1.807) is 36.4 Å². The van der Waals surface area contributed by atoms with Crippen molar-refractivity contribution in [1.29, 1.82) is 0 Å². The predicted octanol–water partition coefficient (Wildman–Crippen LogP) is 5.05. The number of hydrogen-bond donors (Lipinski definition) is 1. The van der Waals surface area contributed by atoms with Crippen LogP contribution in [0.4, 0.5) is 4.39 Å². The van der Waals surface area contributed by atoms with Gasteiger partial charge in [0, 0.05) is 11.1 Å². The van der Waals surface area contributed by atoms with Crippen LogP contribution in [0.25, 0.3) is 0 Å². The van der Waals surface area contributed by atoms with Crippen LogP contribution in [-0.4, -0.2) is 19.7 Å². The van der Waals surface area contributed by atoms with Crippen LogP contribution in [0.5, 0.6) is 0 Å². The lowest BCUT2D eigenvalue weighted by Gasteiger charge is -2.36. The molecule has 1 aliphatic heterocycles. The fraction of sp³-hybridized carbons (Fsp3) is 0.429. The lowest BCUT2D eigenvalue weighted by molar-refractivity contribution is 0.292. The maximum Gasteiger partial charge on any atom is 0.180 e. The molecule has 6 heteroatoms. The van der Waals surface area contributed by atoms with Crippen molar-refractivity contribution in [3.63, 3.8) is 0 Å². The fourth-order valence-electron chi connectivity index (χ4n) is 3.86. The van der Waals surface area contributed by atoms with Crippen molar-refractivity contribution in [3.8, 4) is 0 Å². The molecule has 0 aliphatic carbocycles. The Kier molecular flexibility index (Phi) is 7.06. The first-order valence-corrected chi connectivity index (χ1v) is 10.9. The topological polar surface area (TPSA) is 46.2 Å². The maximum atomic E-state index is 14.6. The largest absolute Gasteiger partial charge is 0.300 e. The molecule has 0 saturated heterocycles. The van der Waals surface area contributed by atoms with E-state index < -0.39 is 21.4 Å². The summed E-state index contributed by atoms with van der Waals surface area (Å²) in [5.74, 6) is -0.280. The first kappa shape index (κ1) is 21.9. The van der Waals surface area contributed by atoms with Gasteiger partial charge in [-0.3, -0.25) is 5.32 Å². The smallest absolute Gasteiger partial charge is 0.180 e. The first-order valence-electron chi connectivity index (χ1n) is 9.26. The number of hydrogen-bond acceptors (Lipinski definition) is 3. The molecule has 0 amide bonds. The normalized spacial score (nSPS) is 23.7. The Morgan fingerprint density at radius 2 is 1.70 bits per heavy atom. The number of benzene rings is 2. The van der Waals surface area contributed by atoms with Gasteiger partial charge in [0.05, 0.1) is 16.7 Å². The Bertz CT molecular complexity index is 887. The van der Waals surface area contributed by atoms with Crippen LogP contribution < -0.4 is 5.32 Å². The summed E-state index contributed by atoms with van der Waals surface area (Å²) in [5, 5.41) is 3.56. The van der Waals surface area contributed by atoms with Crippen molar-refractivity contribution in [2.75, 3.05) is 5.75 Å². The molecular formula is C21H27ClFNO2S. The number of sulfone groups is 1. The van der Waals surface area contributed by atoms with Crippen LogP contribution in [0.2, 0.25) is 0 Å². The second-order valence-electron chi connectivity index (χ2n) is 7.13. The van der Waals surface area contributed by atoms with E-state index in [-0.39, 0.29) is 24.0 Å². The molecule has 3 nitrogen and oxygen atoms in total. The summed E-state index contributed by atoms with van der Waals surface area (Å²) in [4.78, 5) is 0.313. The second-order valence-corrected chi connectivity index (χ2v) is 9.09. The average molecular weight is 412 g/mol. The zero-order valence-electron chi connectivity index (χ0n) is 15.7. The van der Waals surface area contributed by atoms with E-state index in [9.17, 15) is 12.8 Å². The summed E-state index contributed by atoms with van der Waals surface area (Å²) in [6, 6.07) is 13.1. The molecule has 0 saturated carbocycles. The summed E-state index contributed by atoms with van der Waals surface area (Å²) >= 11 is 0. The van der Waals surface area contributed by atoms with Gasteiger partial charge in [-0.1, -0.05) is 63.1 Å². The Morgan fingerprint density at radius 1 is 1.07 bits per heavy atom. The van der Waals surface area contributed by atoms with Crippen molar-refractivity contribution in [3.05, 3.63) is 65.5 Å². The predicted molar refractivity (Wildman–Crippen MR) is 110 cm³/mol. The van der Waals surface area contributed by atoms with Crippen LogP contribution in [-0.2, 0) is 9.84 Å². The zero-order valence-corrected chi connectivity index (χ0v) is 17.4. The number of unbranched alkanes of at least 4 members (excludes halogenated alkanes) is 1. The molecule has 1 heterocycles. The molecule has 1 N–H and O–H groups in total. The maximum absolute atomic E-state index is 14.6. The van der Waals surface area contributed by atoms with Gasteiger partial charge in [0.1, 0.15) is 5.82 Å². The molecule has 2 aromatic rings. The van der Waals surface area contributed by atoms with E-state index >= 15 is 0 Å². The Hall–Kier alpha value is -1.43. The van der Waals surface area contributed by atoms with Gasteiger partial charge in [-0.25, -0.2) is 12.8 Å². The number of rotatable bonds is 5. The van der Waals surface area contributed by atoms with Crippen LogP contribution in [0, 0.1) is 5.82 Å². The minimum atomic E-state index is -3.47. The minimum absolute atomic E-state index is 0. The van der Waals surface area contributed by atoms with E-state index in [1.807, 2.05) is 13.0 Å². The molecule has 1 aliphatic rings. The summed E-state index contributed by atoms with van der Waals surface area (Å²) in [7, 11) is -3.47. The van der Waals surface area contributed by atoms with Gasteiger partial charge in [-0.2, -0.15) is 0 Å². The molecule has 2 aromatic carbocycles. The molecule has 3 rings (SSSR count). The van der Waals surface area contributed by atoms with E-state index in [2.05, 4.69) is 12.2 Å². The summed E-state index contributed by atoms with van der Waals surface area (Å²) in [6.45, 7) is 4.10. The fourth-order valence-corrected chi connectivity index (χ4v) is 6.01. The Balaban J connectivity index is 0.00000261. The summed E-state index contributed by atoms with van der Waals surface area (Å²) < 4.78 is 40.9. The standard InChI is InChI=1S/C21H26FNO2S.ClH/c1-3-5-14-21(4-2)15-26(24,25)19-13-9-7-11-17(19)20(23-21)16-10-6-8-12-18(16)22;/h6-13,20,23H,3-5,14-15H2,1-2H3;1H/t20-,21-;/m0./s1. The van der Waals surface area contributed by atoms with E-state index in [0.717, 1.165) is 19.3 Å². The van der Waals surface area contributed by atoms with Gasteiger partial charge in [-0.05, 0) is 30.5 Å². The third kappa shape index (κ3) is 4.36. The SMILES string of the molecule is CCCC[C@@]1(CC)CS(=O)(=O)c2ccccc2[C@H](c2ccccc2F)N1.Cl. The molecule has 27 heavy (non-hydrogen) atoms. The third-order valence-corrected chi connectivity index (χ3v) is 7.36. The van der Waals surface area contributed by atoms with Crippen LogP contribution in [0.15, 0.2) is 53.4 Å². The van der Waals surface area contributed by atoms with E-state index in [1.165, 1.54) is 6.07 Å². The molecule has 0 aromatic heterocycles. The molecule has 0 unspecified atom stereocenters. The molecule has 0 spiro atoms. The highest BCUT2D eigenvalue weighted by Gasteiger charge is 2.42. The summed E-state index contributed by atoms with van der Waals surface area (Å²) in [6.07, 6.45) is 3.33. The highest BCUT2D eigenvalue weighted by atomic mass is 35.5. The average Bonchev–Trinajstić information content (AvgIpc) is 2.74. The van der Waals surface area contributed by atoms with Gasteiger partial charge in [-0.15, -0.1) is 12.4 Å². The van der Waals surface area contributed by atoms with Gasteiger partial charge >= 0.3 is 0 Å². The Labute approximate surface area is 167 Å². The van der Waals surface area contributed by atoms with Crippen LogP contribution >= 0.6 is 12.4 Å². The minimum Gasteiger partial charge on any atom is -0.300 e. The Morgan fingerprint density at radius 3 is 2.33 bits per heavy atom. The van der Waals surface area contributed by atoms with Crippen molar-refractivity contribution in [2.45, 2.75) is 56.0 Å². The van der Waals surface area contributed by atoms with Crippen molar-refractivity contribution >= 4 is 22.2 Å². The molecule has 148 valence electrons. The molecule has 0 radical (unpaired) electrons. The molecule has 0 bridgehead atoms. The van der Waals surface area contributed by atoms with Crippen molar-refractivity contribution in [2.24, 2.45) is 0 Å². The summed E-state index contributed by atoms with van der Waals surface area (Å²) in [5.41, 5.74) is 0.552. The molecule has 2 atom stereocenters. The monoisotopic (exact) mass is 411 g/mol. The first-order chi connectivity index (χ1) is 12.4. The molecular weight excluding hydrogens is 385 g/mol. The van der Waals surface area contributed by atoms with E-state index in [4.69, 9.17) is 0 Å². The van der Waals surface area contributed by atoms with Gasteiger partial charge < -0.3 is 0 Å². The third-order valence-electron chi connectivity index (χ3n) is 5.38. The lowest BCUT2D eigenvalue weighted by atomic mass is 9.88.